The van der Waals surface area contributed by atoms with Crippen LogP contribution in [0.25, 0.3) is 10.8 Å². The molecule has 0 spiro atoms. The van der Waals surface area contributed by atoms with Crippen molar-refractivity contribution in [1.29, 1.82) is 0 Å². The zero-order valence-corrected chi connectivity index (χ0v) is 13.3. The monoisotopic (exact) mass is 304 g/mol. The molecule has 0 radical (unpaired) electrons. The number of aryl methyl sites for hydroxylation is 1. The van der Waals surface area contributed by atoms with Crippen molar-refractivity contribution in [3.05, 3.63) is 11.5 Å². The minimum Gasteiger partial charge on any atom is -0.355 e. The van der Waals surface area contributed by atoms with Crippen molar-refractivity contribution in [2.75, 3.05) is 24.5 Å². The Bertz CT molecular complexity index is 654. The van der Waals surface area contributed by atoms with Crippen LogP contribution in [0.4, 0.5) is 5.82 Å². The Morgan fingerprint density at radius 3 is 2.71 bits per heavy atom. The van der Waals surface area contributed by atoms with Crippen molar-refractivity contribution >= 4 is 17.4 Å². The van der Waals surface area contributed by atoms with Gasteiger partial charge in [-0.3, -0.25) is 0 Å². The third kappa shape index (κ3) is 2.15. The van der Waals surface area contributed by atoms with E-state index in [0.29, 0.717) is 6.04 Å². The molecule has 0 amide bonds. The van der Waals surface area contributed by atoms with Crippen LogP contribution in [0.5, 0.6) is 0 Å². The van der Waals surface area contributed by atoms with Gasteiger partial charge in [-0.2, -0.15) is 4.37 Å². The van der Waals surface area contributed by atoms with E-state index in [1.807, 2.05) is 6.92 Å². The predicted octanol–water partition coefficient (Wildman–Crippen LogP) is 1.97. The summed E-state index contributed by atoms with van der Waals surface area (Å²) in [6, 6.07) is 0.338. The zero-order valence-electron chi connectivity index (χ0n) is 12.5. The van der Waals surface area contributed by atoms with E-state index in [1.54, 1.807) is 0 Å². The number of nitrogens with zero attached hydrogens (tertiary/aromatic N) is 5. The lowest BCUT2D eigenvalue weighted by Gasteiger charge is -2.26. The van der Waals surface area contributed by atoms with Crippen LogP contribution in [0, 0.1) is 6.92 Å². The quantitative estimate of drug-likeness (QED) is 0.919. The van der Waals surface area contributed by atoms with Gasteiger partial charge in [0, 0.05) is 32.2 Å². The normalized spacial score (nSPS) is 21.8. The molecule has 1 fully saturated rings. The largest absolute Gasteiger partial charge is 0.355 e. The maximum Gasteiger partial charge on any atom is 0.179 e. The van der Waals surface area contributed by atoms with Crippen LogP contribution in [-0.2, 0) is 6.54 Å². The fraction of sp³-hybridized carbons (Fsp3) is 0.643. The number of imidazole rings is 1. The van der Waals surface area contributed by atoms with Crippen LogP contribution >= 0.6 is 11.5 Å². The molecule has 0 bridgehead atoms. The highest BCUT2D eigenvalue weighted by molar-refractivity contribution is 7.09. The molecule has 1 atom stereocenters. The molecule has 0 saturated carbocycles. The van der Waals surface area contributed by atoms with Gasteiger partial charge in [-0.05, 0) is 38.2 Å². The Balaban J connectivity index is 1.85. The molecule has 2 aromatic heterocycles. The van der Waals surface area contributed by atoms with Crippen molar-refractivity contribution in [1.82, 2.24) is 24.2 Å². The summed E-state index contributed by atoms with van der Waals surface area (Å²) >= 11 is 1.45. The number of anilines is 1. The first-order chi connectivity index (χ1) is 10.2. The second-order valence-corrected chi connectivity index (χ2v) is 6.56. The summed E-state index contributed by atoms with van der Waals surface area (Å²) in [4.78, 5) is 11.9. The third-order valence-electron chi connectivity index (χ3n) is 4.31. The molecule has 2 aliphatic rings. The topological polar surface area (TPSA) is 58.9 Å². The van der Waals surface area contributed by atoms with Crippen LogP contribution < -0.4 is 10.2 Å². The van der Waals surface area contributed by atoms with Crippen molar-refractivity contribution in [3.63, 3.8) is 0 Å². The summed E-state index contributed by atoms with van der Waals surface area (Å²) in [5, 5.41) is 4.49. The van der Waals surface area contributed by atoms with E-state index < -0.39 is 0 Å². The molecule has 0 aromatic carbocycles. The number of fused-ring (bicyclic) bond motifs is 1. The Hall–Kier alpha value is -1.47. The third-order valence-corrected chi connectivity index (χ3v) is 5.11. The molecular formula is C14H20N6S. The smallest absolute Gasteiger partial charge is 0.179 e. The molecule has 0 aliphatic carbocycles. The van der Waals surface area contributed by atoms with E-state index in [0.717, 1.165) is 48.7 Å². The van der Waals surface area contributed by atoms with Crippen LogP contribution in [0.3, 0.4) is 0 Å². The van der Waals surface area contributed by atoms with E-state index in [1.165, 1.54) is 30.1 Å². The first-order valence-electron chi connectivity index (χ1n) is 7.63. The lowest BCUT2D eigenvalue weighted by Crippen LogP contribution is -2.33. The molecule has 2 aliphatic heterocycles. The highest BCUT2D eigenvalue weighted by Crippen LogP contribution is 2.35. The highest BCUT2D eigenvalue weighted by Gasteiger charge is 2.30. The Labute approximate surface area is 128 Å². The van der Waals surface area contributed by atoms with E-state index in [9.17, 15) is 0 Å². The maximum atomic E-state index is 4.96. The first-order valence-corrected chi connectivity index (χ1v) is 8.41. The van der Waals surface area contributed by atoms with Crippen LogP contribution in [0.15, 0.2) is 0 Å². The van der Waals surface area contributed by atoms with E-state index >= 15 is 0 Å². The van der Waals surface area contributed by atoms with E-state index in [4.69, 9.17) is 4.98 Å². The lowest BCUT2D eigenvalue weighted by atomic mass is 10.2. The van der Waals surface area contributed by atoms with Gasteiger partial charge in [0.15, 0.2) is 16.6 Å². The molecule has 1 saturated heterocycles. The van der Waals surface area contributed by atoms with E-state index in [-0.39, 0.29) is 0 Å². The van der Waals surface area contributed by atoms with Crippen molar-refractivity contribution in [2.24, 2.45) is 0 Å². The zero-order chi connectivity index (χ0) is 14.4. The second kappa shape index (κ2) is 5.06. The molecule has 6 nitrogen and oxygen atoms in total. The summed E-state index contributed by atoms with van der Waals surface area (Å²) in [5.41, 5.74) is 1.31. The van der Waals surface area contributed by atoms with Crippen molar-refractivity contribution < 1.29 is 0 Å². The molecule has 21 heavy (non-hydrogen) atoms. The fourth-order valence-corrected chi connectivity index (χ4v) is 3.98. The molecule has 2 aromatic rings. The fourth-order valence-electron chi connectivity index (χ4n) is 3.31. The van der Waals surface area contributed by atoms with Gasteiger partial charge in [0.25, 0.3) is 0 Å². The highest BCUT2D eigenvalue weighted by atomic mass is 32.1. The minimum atomic E-state index is 0.338. The van der Waals surface area contributed by atoms with Gasteiger partial charge in [-0.15, -0.1) is 0 Å². The van der Waals surface area contributed by atoms with Gasteiger partial charge in [0.1, 0.15) is 5.82 Å². The molecule has 112 valence electrons. The SMILES string of the molecule is Cc1nsc(-c2nc(N3CCCC3)c3n2CCN[C@@H]3C)n1. The summed E-state index contributed by atoms with van der Waals surface area (Å²) in [5.74, 6) is 2.97. The molecule has 4 rings (SSSR count). The minimum absolute atomic E-state index is 0.338. The summed E-state index contributed by atoms with van der Waals surface area (Å²) < 4.78 is 6.66. The van der Waals surface area contributed by atoms with Gasteiger partial charge in [-0.1, -0.05) is 0 Å². The van der Waals surface area contributed by atoms with Crippen LogP contribution in [0.1, 0.15) is 37.3 Å². The number of hydrogen-bond acceptors (Lipinski definition) is 6. The standard InChI is InChI=1S/C14H20N6S/c1-9-11-12(19-6-3-4-7-19)17-13(20(11)8-5-15-9)14-16-10(2)18-21-14/h9,15H,3-8H2,1-2H3/t9-/m1/s1. The summed E-state index contributed by atoms with van der Waals surface area (Å²) in [7, 11) is 0. The van der Waals surface area contributed by atoms with Gasteiger partial charge in [-0.25, -0.2) is 9.97 Å². The van der Waals surface area contributed by atoms with Gasteiger partial charge in [0.2, 0.25) is 0 Å². The first kappa shape index (κ1) is 13.2. The summed E-state index contributed by atoms with van der Waals surface area (Å²) in [6.45, 7) is 8.33. The average molecular weight is 304 g/mol. The van der Waals surface area contributed by atoms with Crippen LogP contribution in [0.2, 0.25) is 0 Å². The lowest BCUT2D eigenvalue weighted by molar-refractivity contribution is 0.451. The number of aromatic nitrogens is 4. The summed E-state index contributed by atoms with van der Waals surface area (Å²) in [6.07, 6.45) is 2.53. The molecule has 1 N–H and O–H groups in total. The van der Waals surface area contributed by atoms with Gasteiger partial charge >= 0.3 is 0 Å². The molecule has 7 heteroatoms. The maximum absolute atomic E-state index is 4.96. The number of nitrogens with one attached hydrogen (secondary N) is 1. The van der Waals surface area contributed by atoms with E-state index in [2.05, 4.69) is 31.1 Å². The van der Waals surface area contributed by atoms with Gasteiger partial charge < -0.3 is 14.8 Å². The Morgan fingerprint density at radius 2 is 2.00 bits per heavy atom. The number of hydrogen-bond donors (Lipinski definition) is 1. The van der Waals surface area contributed by atoms with Gasteiger partial charge in [0.05, 0.1) is 5.69 Å². The second-order valence-electron chi connectivity index (χ2n) is 5.81. The van der Waals surface area contributed by atoms with Crippen molar-refractivity contribution in [3.8, 4) is 10.8 Å². The molecule has 4 heterocycles. The number of rotatable bonds is 2. The predicted molar refractivity (Wildman–Crippen MR) is 83.7 cm³/mol. The Morgan fingerprint density at radius 1 is 1.19 bits per heavy atom. The average Bonchev–Trinajstić information content (AvgIpc) is 3.16. The molecule has 0 unspecified atom stereocenters. The van der Waals surface area contributed by atoms with Crippen molar-refractivity contribution in [2.45, 2.75) is 39.3 Å². The Kier molecular flexibility index (Phi) is 3.19. The van der Waals surface area contributed by atoms with Crippen LogP contribution in [-0.4, -0.2) is 38.5 Å². The molecular weight excluding hydrogens is 284 g/mol.